The minimum Gasteiger partial charge on any atom is -0.448 e. The molecular weight excluding hydrogens is 611 g/mol. The molecule has 5 aromatic rings. The van der Waals surface area contributed by atoms with Gasteiger partial charge in [0.15, 0.2) is 22.6 Å². The van der Waals surface area contributed by atoms with E-state index in [1.807, 2.05) is 29.2 Å². The predicted molar refractivity (Wildman–Crippen MR) is 183 cm³/mol. The summed E-state index contributed by atoms with van der Waals surface area (Å²) in [6, 6.07) is 27.9. The lowest BCUT2D eigenvalue weighted by atomic mass is 10.1. The molecular formula is C38H37FN4O5. The lowest BCUT2D eigenvalue weighted by molar-refractivity contribution is -0.130. The molecule has 3 heterocycles. The Morgan fingerprint density at radius 2 is 1.58 bits per heavy atom. The van der Waals surface area contributed by atoms with Crippen LogP contribution in [0.5, 0.6) is 0 Å². The zero-order valence-corrected chi connectivity index (χ0v) is 26.8. The Labute approximate surface area is 277 Å². The molecule has 0 radical (unpaired) electrons. The third kappa shape index (κ3) is 7.38. The lowest BCUT2D eigenvalue weighted by Gasteiger charge is -2.37. The predicted octanol–water partition coefficient (Wildman–Crippen LogP) is 5.28. The van der Waals surface area contributed by atoms with E-state index in [0.29, 0.717) is 39.1 Å². The second-order valence-corrected chi connectivity index (χ2v) is 12.0. The van der Waals surface area contributed by atoms with Crippen molar-refractivity contribution in [3.05, 3.63) is 124 Å². The van der Waals surface area contributed by atoms with E-state index in [-0.39, 0.29) is 35.1 Å². The molecule has 0 bridgehead atoms. The number of aryl methyl sites for hydroxylation is 1. The molecule has 246 valence electrons. The van der Waals surface area contributed by atoms with Gasteiger partial charge in [-0.2, -0.15) is 0 Å². The smallest absolute Gasteiger partial charge is 0.287 e. The van der Waals surface area contributed by atoms with Gasteiger partial charge < -0.3 is 24.4 Å². The molecule has 48 heavy (non-hydrogen) atoms. The van der Waals surface area contributed by atoms with Crippen LogP contribution < -0.4 is 15.6 Å². The maximum absolute atomic E-state index is 14.0. The molecule has 1 N–H and O–H groups in total. The van der Waals surface area contributed by atoms with Crippen molar-refractivity contribution in [2.75, 3.05) is 44.2 Å². The second kappa shape index (κ2) is 14.5. The molecule has 0 saturated carbocycles. The minimum absolute atomic E-state index is 0.0408. The van der Waals surface area contributed by atoms with E-state index >= 15 is 0 Å². The van der Waals surface area contributed by atoms with E-state index in [0.717, 1.165) is 36.3 Å². The van der Waals surface area contributed by atoms with Gasteiger partial charge in [-0.1, -0.05) is 72.3 Å². The number of halogens is 1. The molecule has 3 amide bonds. The second-order valence-electron chi connectivity index (χ2n) is 12.0. The third-order valence-corrected chi connectivity index (χ3v) is 8.73. The summed E-state index contributed by atoms with van der Waals surface area (Å²) < 4.78 is 19.3. The van der Waals surface area contributed by atoms with Gasteiger partial charge in [0.25, 0.3) is 5.91 Å². The number of nitrogens with one attached hydrogen (secondary N) is 1. The highest BCUT2D eigenvalue weighted by molar-refractivity contribution is 5.95. The first kappa shape index (κ1) is 32.4. The van der Waals surface area contributed by atoms with Crippen LogP contribution in [0.25, 0.3) is 21.7 Å². The van der Waals surface area contributed by atoms with E-state index < -0.39 is 17.2 Å². The van der Waals surface area contributed by atoms with E-state index in [1.54, 1.807) is 4.90 Å². The summed E-state index contributed by atoms with van der Waals surface area (Å²) in [4.78, 5) is 55.3. The Balaban J connectivity index is 0.000000307. The Hall–Kier alpha value is -5.51. The van der Waals surface area contributed by atoms with E-state index in [4.69, 9.17) is 4.42 Å². The third-order valence-electron chi connectivity index (χ3n) is 8.73. The quantitative estimate of drug-likeness (QED) is 0.269. The highest BCUT2D eigenvalue weighted by Gasteiger charge is 2.26. The number of carbonyl (C=O) groups is 3. The van der Waals surface area contributed by atoms with E-state index in [9.17, 15) is 23.6 Å². The van der Waals surface area contributed by atoms with Gasteiger partial charge in [-0.05, 0) is 47.9 Å². The van der Waals surface area contributed by atoms with Crippen molar-refractivity contribution >= 4 is 45.2 Å². The van der Waals surface area contributed by atoms with Crippen molar-refractivity contribution < 1.29 is 23.2 Å². The van der Waals surface area contributed by atoms with Crippen LogP contribution in [0.2, 0.25) is 0 Å². The largest absolute Gasteiger partial charge is 0.448 e. The van der Waals surface area contributed by atoms with Crippen LogP contribution in [-0.2, 0) is 16.1 Å². The molecule has 2 fully saturated rings. The summed E-state index contributed by atoms with van der Waals surface area (Å²) in [6.07, 6.45) is 1.49. The zero-order valence-electron chi connectivity index (χ0n) is 26.8. The number of benzene rings is 4. The average molecular weight is 649 g/mol. The number of carbonyl (C=O) groups excluding carboxylic acids is 3. The monoisotopic (exact) mass is 648 g/mol. The summed E-state index contributed by atoms with van der Waals surface area (Å²) in [5.41, 5.74) is 2.63. The average Bonchev–Trinajstić information content (AvgIpc) is 3.51. The van der Waals surface area contributed by atoms with E-state index in [2.05, 4.69) is 59.6 Å². The number of para-hydroxylation sites is 2. The molecule has 0 atom stereocenters. The van der Waals surface area contributed by atoms with Crippen LogP contribution >= 0.6 is 0 Å². The van der Waals surface area contributed by atoms with Gasteiger partial charge in [0.05, 0.1) is 11.9 Å². The van der Waals surface area contributed by atoms with Gasteiger partial charge in [-0.15, -0.1) is 0 Å². The molecule has 0 spiro atoms. The molecule has 7 rings (SSSR count). The zero-order chi connectivity index (χ0) is 33.6. The number of piperazine rings is 1. The lowest BCUT2D eigenvalue weighted by Crippen LogP contribution is -2.51. The molecule has 1 aromatic heterocycles. The number of likely N-dealkylation sites (tertiary alicyclic amines) is 1. The number of fused-ring (bicyclic) bond motifs is 2. The van der Waals surface area contributed by atoms with Crippen LogP contribution in [-0.4, -0.2) is 66.8 Å². The van der Waals surface area contributed by atoms with Crippen LogP contribution in [0.3, 0.4) is 0 Å². The van der Waals surface area contributed by atoms with Crippen molar-refractivity contribution in [3.8, 4) is 0 Å². The fourth-order valence-corrected chi connectivity index (χ4v) is 6.14. The van der Waals surface area contributed by atoms with Gasteiger partial charge in [0, 0.05) is 57.4 Å². The number of rotatable bonds is 6. The highest BCUT2D eigenvalue weighted by atomic mass is 19.1. The Kier molecular flexibility index (Phi) is 9.80. The maximum atomic E-state index is 14.0. The maximum Gasteiger partial charge on any atom is 0.287 e. The highest BCUT2D eigenvalue weighted by Crippen LogP contribution is 2.25. The number of amides is 3. The molecule has 2 saturated heterocycles. The topological polar surface area (TPSA) is 103 Å². The van der Waals surface area contributed by atoms with Crippen LogP contribution in [0.1, 0.15) is 34.5 Å². The van der Waals surface area contributed by atoms with Crippen molar-refractivity contribution in [1.82, 2.24) is 15.1 Å². The van der Waals surface area contributed by atoms with Gasteiger partial charge in [-0.25, -0.2) is 4.39 Å². The summed E-state index contributed by atoms with van der Waals surface area (Å²) in [5.74, 6) is -1.95. The van der Waals surface area contributed by atoms with Gasteiger partial charge in [0.1, 0.15) is 0 Å². The first-order valence-electron chi connectivity index (χ1n) is 16.1. The number of hydrogen-bond acceptors (Lipinski definition) is 6. The first-order chi connectivity index (χ1) is 23.3. The molecule has 4 aromatic carbocycles. The Bertz CT molecular complexity index is 2040. The summed E-state index contributed by atoms with van der Waals surface area (Å²) in [5, 5.41) is 5.15. The van der Waals surface area contributed by atoms with Gasteiger partial charge in [-0.3, -0.25) is 19.2 Å². The van der Waals surface area contributed by atoms with Crippen molar-refractivity contribution in [3.63, 3.8) is 0 Å². The summed E-state index contributed by atoms with van der Waals surface area (Å²) in [6.45, 7) is 5.38. The molecule has 2 aliphatic rings. The van der Waals surface area contributed by atoms with Crippen molar-refractivity contribution in [2.24, 2.45) is 0 Å². The normalized spacial score (nSPS) is 14.6. The van der Waals surface area contributed by atoms with Crippen LogP contribution in [0.4, 0.5) is 10.1 Å². The fourth-order valence-electron chi connectivity index (χ4n) is 6.14. The minimum atomic E-state index is -0.764. The standard InChI is InChI=1S/C27H27FN4O5.C11H10/c28-20-7-3-6-19-22(33)15-23(37-26(19)20)27(36)29-16-25(35)31-13-11-30(12-14-31)21-8-2-1-5-18(21)17-32-10-4-9-24(32)34;1-9-6-7-10-4-2-3-5-11(10)8-9/h1-3,5-8,15H,4,9-14,16-17H2,(H,29,36);2-8H,1H3. The first-order valence-corrected chi connectivity index (χ1v) is 16.1. The fraction of sp³-hybridized carbons (Fsp3) is 0.263. The number of anilines is 1. The molecule has 0 unspecified atom stereocenters. The SMILES string of the molecule is Cc1ccc2ccccc2c1.O=C(NCC(=O)N1CCN(c2ccccc2CN2CCCC2=O)CC1)c1cc(=O)c2cccc(F)c2o1. The van der Waals surface area contributed by atoms with Crippen molar-refractivity contribution in [1.29, 1.82) is 0 Å². The Morgan fingerprint density at radius 3 is 2.35 bits per heavy atom. The summed E-state index contributed by atoms with van der Waals surface area (Å²) in [7, 11) is 0. The summed E-state index contributed by atoms with van der Waals surface area (Å²) >= 11 is 0. The van der Waals surface area contributed by atoms with Gasteiger partial charge >= 0.3 is 0 Å². The van der Waals surface area contributed by atoms with Crippen LogP contribution in [0, 0.1) is 12.7 Å². The number of hydrogen-bond donors (Lipinski definition) is 1. The van der Waals surface area contributed by atoms with Gasteiger partial charge in [0.2, 0.25) is 11.8 Å². The van der Waals surface area contributed by atoms with Crippen LogP contribution in [0.15, 0.2) is 100 Å². The molecule has 0 aliphatic carbocycles. The molecule has 9 nitrogen and oxygen atoms in total. The Morgan fingerprint density at radius 1 is 0.833 bits per heavy atom. The van der Waals surface area contributed by atoms with Crippen molar-refractivity contribution in [2.45, 2.75) is 26.3 Å². The molecule has 2 aliphatic heterocycles. The number of nitrogens with zero attached hydrogens (tertiary/aromatic N) is 3. The molecule has 10 heteroatoms. The van der Waals surface area contributed by atoms with E-state index in [1.165, 1.54) is 28.5 Å².